The molecule has 0 unspecified atom stereocenters. The minimum Gasteiger partial charge on any atom is -0.318 e. The lowest BCUT2D eigenvalue weighted by atomic mass is 10.2. The summed E-state index contributed by atoms with van der Waals surface area (Å²) < 4.78 is 2.19. The molecule has 4 nitrogen and oxygen atoms in total. The minimum absolute atomic E-state index is 0.113. The zero-order valence-electron chi connectivity index (χ0n) is 16.6. The van der Waals surface area contributed by atoms with Crippen molar-refractivity contribution < 1.29 is 4.79 Å². The number of amides is 1. The minimum atomic E-state index is -0.223. The van der Waals surface area contributed by atoms with Crippen LogP contribution in [0.3, 0.4) is 0 Å². The Morgan fingerprint density at radius 2 is 1.75 bits per heavy atom. The van der Waals surface area contributed by atoms with Gasteiger partial charge in [-0.05, 0) is 58.0 Å². The molecule has 1 amide bonds. The molecule has 0 saturated carbocycles. The molecule has 0 saturated heterocycles. The number of hydrogen-bond acceptors (Lipinski definition) is 3. The number of nitrogens with zero attached hydrogens (tertiary/aromatic N) is 2. The van der Waals surface area contributed by atoms with Crippen LogP contribution in [0.4, 0.5) is 0 Å². The highest BCUT2D eigenvalue weighted by molar-refractivity contribution is 8.00. The fourth-order valence-corrected chi connectivity index (χ4v) is 3.90. The second kappa shape index (κ2) is 8.93. The summed E-state index contributed by atoms with van der Waals surface area (Å²) in [6.07, 6.45) is 1.71. The molecule has 0 aliphatic rings. The van der Waals surface area contributed by atoms with E-state index in [2.05, 4.69) is 66.2 Å². The normalized spacial score (nSPS) is 12.3. The van der Waals surface area contributed by atoms with Gasteiger partial charge < -0.3 is 4.57 Å². The third-order valence-electron chi connectivity index (χ3n) is 4.57. The molecule has 3 rings (SSSR count). The maximum atomic E-state index is 12.3. The first kappa shape index (κ1) is 20.0. The van der Waals surface area contributed by atoms with Gasteiger partial charge in [-0.1, -0.05) is 35.9 Å². The third-order valence-corrected chi connectivity index (χ3v) is 5.68. The maximum Gasteiger partial charge on any atom is 0.253 e. The van der Waals surface area contributed by atoms with E-state index < -0.39 is 0 Å². The van der Waals surface area contributed by atoms with E-state index in [1.807, 2.05) is 37.3 Å². The molecule has 1 atom stereocenters. The average Bonchev–Trinajstić information content (AvgIpc) is 2.97. The summed E-state index contributed by atoms with van der Waals surface area (Å²) in [6, 6.07) is 20.4. The van der Waals surface area contributed by atoms with Crippen LogP contribution in [0, 0.1) is 20.8 Å². The van der Waals surface area contributed by atoms with Crippen LogP contribution >= 0.6 is 11.8 Å². The van der Waals surface area contributed by atoms with Gasteiger partial charge >= 0.3 is 0 Å². The van der Waals surface area contributed by atoms with Crippen molar-refractivity contribution in [2.24, 2.45) is 5.10 Å². The zero-order valence-corrected chi connectivity index (χ0v) is 17.5. The summed E-state index contributed by atoms with van der Waals surface area (Å²) in [5.74, 6) is -0.113. The number of nitrogens with one attached hydrogen (secondary N) is 1. The van der Waals surface area contributed by atoms with E-state index in [-0.39, 0.29) is 11.2 Å². The smallest absolute Gasteiger partial charge is 0.253 e. The number of aryl methyl sites for hydroxylation is 2. The van der Waals surface area contributed by atoms with Crippen molar-refractivity contribution in [3.05, 3.63) is 83.2 Å². The van der Waals surface area contributed by atoms with Crippen molar-refractivity contribution in [1.82, 2.24) is 9.99 Å². The van der Waals surface area contributed by atoms with Crippen LogP contribution in [0.1, 0.15) is 29.4 Å². The largest absolute Gasteiger partial charge is 0.318 e. The Morgan fingerprint density at radius 1 is 1.07 bits per heavy atom. The summed E-state index contributed by atoms with van der Waals surface area (Å²) in [5, 5.41) is 3.95. The molecule has 0 aliphatic heterocycles. The van der Waals surface area contributed by atoms with E-state index >= 15 is 0 Å². The second-order valence-corrected chi connectivity index (χ2v) is 8.22. The number of benzene rings is 2. The summed E-state index contributed by atoms with van der Waals surface area (Å²) in [5.41, 5.74) is 8.22. The first-order valence-corrected chi connectivity index (χ1v) is 10.1. The summed E-state index contributed by atoms with van der Waals surface area (Å²) in [6.45, 7) is 8.09. The fourth-order valence-electron chi connectivity index (χ4n) is 3.02. The van der Waals surface area contributed by atoms with Crippen molar-refractivity contribution >= 4 is 23.9 Å². The summed E-state index contributed by atoms with van der Waals surface area (Å²) >= 11 is 1.52. The molecule has 0 radical (unpaired) electrons. The topological polar surface area (TPSA) is 46.4 Å². The molecule has 3 aromatic rings. The highest BCUT2D eigenvalue weighted by atomic mass is 32.2. The number of thioether (sulfide) groups is 1. The fraction of sp³-hybridized carbons (Fsp3) is 0.217. The lowest BCUT2D eigenvalue weighted by molar-refractivity contribution is -0.120. The van der Waals surface area contributed by atoms with Crippen molar-refractivity contribution in [3.8, 4) is 5.69 Å². The molecule has 0 spiro atoms. The van der Waals surface area contributed by atoms with Crippen LogP contribution in [-0.2, 0) is 4.79 Å². The van der Waals surface area contributed by atoms with E-state index in [0.717, 1.165) is 27.5 Å². The molecule has 5 heteroatoms. The Kier molecular flexibility index (Phi) is 6.37. The number of carbonyl (C=O) groups is 1. The molecule has 1 heterocycles. The van der Waals surface area contributed by atoms with Gasteiger partial charge in [-0.15, -0.1) is 11.8 Å². The van der Waals surface area contributed by atoms with Crippen LogP contribution in [0.2, 0.25) is 0 Å². The molecule has 0 bridgehead atoms. The SMILES string of the molecule is Cc1ccc(-n2c(C)cc(/C=N\NC(=O)[C@@H](C)Sc3ccccc3)c2C)cc1. The molecule has 28 heavy (non-hydrogen) atoms. The van der Waals surface area contributed by atoms with Gasteiger partial charge in [0.2, 0.25) is 0 Å². The van der Waals surface area contributed by atoms with E-state index in [0.29, 0.717) is 0 Å². The standard InChI is InChI=1S/C23H25N3OS/c1-16-10-12-21(13-11-16)26-17(2)14-20(18(26)3)15-24-25-23(27)19(4)28-22-8-6-5-7-9-22/h5-15,19H,1-4H3,(H,25,27)/b24-15-/t19-/m1/s1. The number of hydrogen-bond donors (Lipinski definition) is 1. The predicted molar refractivity (Wildman–Crippen MR) is 117 cm³/mol. The van der Waals surface area contributed by atoms with Crippen LogP contribution in [0.5, 0.6) is 0 Å². The molecule has 2 aromatic carbocycles. The summed E-state index contributed by atoms with van der Waals surface area (Å²) in [4.78, 5) is 13.4. The monoisotopic (exact) mass is 391 g/mol. The van der Waals surface area contributed by atoms with Gasteiger partial charge in [0, 0.05) is 27.5 Å². The molecular weight excluding hydrogens is 366 g/mol. The predicted octanol–water partition coefficient (Wildman–Crippen LogP) is 5.03. The van der Waals surface area contributed by atoms with Crippen molar-refractivity contribution in [2.75, 3.05) is 0 Å². The number of carbonyl (C=O) groups excluding carboxylic acids is 1. The Morgan fingerprint density at radius 3 is 2.43 bits per heavy atom. The Hall–Kier alpha value is -2.79. The van der Waals surface area contributed by atoms with Crippen LogP contribution in [-0.4, -0.2) is 21.9 Å². The maximum absolute atomic E-state index is 12.3. The van der Waals surface area contributed by atoms with Gasteiger partial charge in [-0.3, -0.25) is 4.79 Å². The van der Waals surface area contributed by atoms with E-state index in [9.17, 15) is 4.79 Å². The van der Waals surface area contributed by atoms with Gasteiger partial charge in [-0.25, -0.2) is 5.43 Å². The lowest BCUT2D eigenvalue weighted by Crippen LogP contribution is -2.26. The first-order valence-electron chi connectivity index (χ1n) is 9.26. The van der Waals surface area contributed by atoms with Gasteiger partial charge in [0.25, 0.3) is 5.91 Å². The van der Waals surface area contributed by atoms with Crippen molar-refractivity contribution in [1.29, 1.82) is 0 Å². The number of rotatable bonds is 6. The highest BCUT2D eigenvalue weighted by Crippen LogP contribution is 2.23. The van der Waals surface area contributed by atoms with Gasteiger partial charge in [0.05, 0.1) is 11.5 Å². The quantitative estimate of drug-likeness (QED) is 0.364. The highest BCUT2D eigenvalue weighted by Gasteiger charge is 2.14. The van der Waals surface area contributed by atoms with Crippen LogP contribution < -0.4 is 5.43 Å². The van der Waals surface area contributed by atoms with Crippen molar-refractivity contribution in [2.45, 2.75) is 37.8 Å². The molecule has 0 fully saturated rings. The van der Waals surface area contributed by atoms with Gasteiger partial charge in [-0.2, -0.15) is 5.10 Å². The van der Waals surface area contributed by atoms with E-state index in [4.69, 9.17) is 0 Å². The van der Waals surface area contributed by atoms with Crippen LogP contribution in [0.15, 0.2) is 70.7 Å². The van der Waals surface area contributed by atoms with Crippen molar-refractivity contribution in [3.63, 3.8) is 0 Å². The Labute approximate surface area is 170 Å². The lowest BCUT2D eigenvalue weighted by Gasteiger charge is -2.10. The average molecular weight is 392 g/mol. The van der Waals surface area contributed by atoms with E-state index in [1.165, 1.54) is 17.3 Å². The Balaban J connectivity index is 1.67. The van der Waals surface area contributed by atoms with Gasteiger partial charge in [0.1, 0.15) is 0 Å². The number of hydrazone groups is 1. The first-order chi connectivity index (χ1) is 13.5. The molecule has 144 valence electrons. The third kappa shape index (κ3) is 4.73. The van der Waals surface area contributed by atoms with E-state index in [1.54, 1.807) is 6.21 Å². The van der Waals surface area contributed by atoms with Crippen LogP contribution in [0.25, 0.3) is 5.69 Å². The molecule has 1 N–H and O–H groups in total. The summed E-state index contributed by atoms with van der Waals surface area (Å²) in [7, 11) is 0. The number of aromatic nitrogens is 1. The molecular formula is C23H25N3OS. The van der Waals surface area contributed by atoms with Gasteiger partial charge in [0.15, 0.2) is 0 Å². The Bertz CT molecular complexity index is 975. The second-order valence-electron chi connectivity index (χ2n) is 6.80. The molecule has 1 aromatic heterocycles. The zero-order chi connectivity index (χ0) is 20.1. The molecule has 0 aliphatic carbocycles.